The van der Waals surface area contributed by atoms with Gasteiger partial charge in [-0.2, -0.15) is 9.37 Å². The van der Waals surface area contributed by atoms with E-state index in [0.717, 1.165) is 16.3 Å². The number of aromatic amines is 1. The fourth-order valence-electron chi connectivity index (χ4n) is 3.26. The van der Waals surface area contributed by atoms with Crippen LogP contribution in [0.15, 0.2) is 64.3 Å². The number of benzene rings is 1. The predicted molar refractivity (Wildman–Crippen MR) is 106 cm³/mol. The summed E-state index contributed by atoms with van der Waals surface area (Å²) in [6.07, 6.45) is -1.44. The number of hydrogen-bond donors (Lipinski definition) is 2. The van der Waals surface area contributed by atoms with Gasteiger partial charge in [-0.25, -0.2) is 4.79 Å². The number of ether oxygens (including phenoxy) is 3. The van der Waals surface area contributed by atoms with Crippen molar-refractivity contribution in [3.05, 3.63) is 86.9 Å². The molecule has 0 amide bonds. The number of nitrogens with zero attached hydrogens (tertiary/aromatic N) is 2. The van der Waals surface area contributed by atoms with Crippen molar-refractivity contribution in [1.82, 2.24) is 14.5 Å². The molecular formula is C21H20FN3O6. The molecule has 10 heteroatoms. The maximum Gasteiger partial charge on any atom is 0.330 e. The summed E-state index contributed by atoms with van der Waals surface area (Å²) in [6.45, 7) is -0.0438. The number of aliphatic hydroxyl groups is 1. The largest absolute Gasteiger partial charge is 0.473 e. The molecule has 3 atom stereocenters. The van der Waals surface area contributed by atoms with Crippen LogP contribution in [0.2, 0.25) is 0 Å². The molecule has 1 aliphatic heterocycles. The van der Waals surface area contributed by atoms with E-state index in [1.165, 1.54) is 0 Å². The average molecular weight is 429 g/mol. The molecule has 1 fully saturated rings. The van der Waals surface area contributed by atoms with Crippen molar-refractivity contribution in [3.8, 4) is 11.8 Å². The third kappa shape index (κ3) is 4.81. The van der Waals surface area contributed by atoms with Crippen LogP contribution in [-0.4, -0.2) is 38.5 Å². The van der Waals surface area contributed by atoms with Gasteiger partial charge in [0.25, 0.3) is 5.56 Å². The van der Waals surface area contributed by atoms with Gasteiger partial charge in [0.15, 0.2) is 0 Å². The van der Waals surface area contributed by atoms with Gasteiger partial charge in [0.2, 0.25) is 17.6 Å². The lowest BCUT2D eigenvalue weighted by Gasteiger charge is -2.17. The summed E-state index contributed by atoms with van der Waals surface area (Å²) in [7, 11) is 0. The first-order valence-electron chi connectivity index (χ1n) is 9.61. The van der Waals surface area contributed by atoms with Crippen molar-refractivity contribution >= 4 is 0 Å². The zero-order valence-electron chi connectivity index (χ0n) is 16.3. The molecule has 3 heterocycles. The Labute approximate surface area is 175 Å². The SMILES string of the molecule is O=c1[nH]c(=O)n([C@@H]2CC(Oc3cccc(OCc4ccccc4)n3)[C@H](CO)O2)cc1F. The van der Waals surface area contributed by atoms with E-state index in [0.29, 0.717) is 12.5 Å². The van der Waals surface area contributed by atoms with Gasteiger partial charge in [-0.3, -0.25) is 14.3 Å². The molecule has 4 rings (SSSR count). The predicted octanol–water partition coefficient (Wildman–Crippen LogP) is 1.38. The molecule has 2 N–H and O–H groups in total. The smallest absolute Gasteiger partial charge is 0.330 e. The van der Waals surface area contributed by atoms with Crippen LogP contribution in [-0.2, 0) is 11.3 Å². The molecule has 1 aromatic carbocycles. The lowest BCUT2D eigenvalue weighted by molar-refractivity contribution is -0.0429. The zero-order chi connectivity index (χ0) is 21.8. The van der Waals surface area contributed by atoms with Crippen LogP contribution < -0.4 is 20.7 Å². The maximum atomic E-state index is 13.6. The Bertz CT molecular complexity index is 1150. The number of rotatable bonds is 7. The fourth-order valence-corrected chi connectivity index (χ4v) is 3.26. The second-order valence-corrected chi connectivity index (χ2v) is 6.94. The Morgan fingerprint density at radius 2 is 1.94 bits per heavy atom. The van der Waals surface area contributed by atoms with Crippen LogP contribution in [0.3, 0.4) is 0 Å². The van der Waals surface area contributed by atoms with Gasteiger partial charge in [-0.15, -0.1) is 0 Å². The first-order valence-corrected chi connectivity index (χ1v) is 9.61. The molecular weight excluding hydrogens is 409 g/mol. The van der Waals surface area contributed by atoms with Gasteiger partial charge >= 0.3 is 5.69 Å². The zero-order valence-corrected chi connectivity index (χ0v) is 16.3. The maximum absolute atomic E-state index is 13.6. The normalized spacial score (nSPS) is 20.5. The molecule has 3 aromatic rings. The molecule has 0 aliphatic carbocycles. The van der Waals surface area contributed by atoms with Crippen LogP contribution in [0.25, 0.3) is 0 Å². The molecule has 1 unspecified atom stereocenters. The molecule has 9 nitrogen and oxygen atoms in total. The van der Waals surface area contributed by atoms with Gasteiger partial charge in [0, 0.05) is 18.6 Å². The number of halogens is 1. The van der Waals surface area contributed by atoms with Crippen LogP contribution in [0.5, 0.6) is 11.8 Å². The summed E-state index contributed by atoms with van der Waals surface area (Å²) in [5, 5.41) is 9.64. The van der Waals surface area contributed by atoms with Gasteiger partial charge in [0.05, 0.1) is 12.8 Å². The van der Waals surface area contributed by atoms with Crippen molar-refractivity contribution in [2.24, 2.45) is 0 Å². The number of pyridine rings is 1. The van der Waals surface area contributed by atoms with Crippen molar-refractivity contribution < 1.29 is 23.7 Å². The first-order chi connectivity index (χ1) is 15.0. The third-order valence-electron chi connectivity index (χ3n) is 4.79. The average Bonchev–Trinajstić information content (AvgIpc) is 3.18. The minimum atomic E-state index is -1.11. The molecule has 1 saturated heterocycles. The van der Waals surface area contributed by atoms with Crippen LogP contribution in [0.4, 0.5) is 4.39 Å². The highest BCUT2D eigenvalue weighted by atomic mass is 19.1. The Morgan fingerprint density at radius 1 is 1.16 bits per heavy atom. The number of nitrogens with one attached hydrogen (secondary N) is 1. The van der Waals surface area contributed by atoms with E-state index in [1.807, 2.05) is 35.3 Å². The standard InChI is InChI=1S/C21H20FN3O6/c22-14-10-25(21(28)24-20(14)27)19-9-15(16(11-26)31-19)30-18-8-4-7-17(23-18)29-12-13-5-2-1-3-6-13/h1-8,10,15-16,19,26H,9,11-12H2,(H,24,27,28)/t15?,16-,19-/m0/s1. The summed E-state index contributed by atoms with van der Waals surface area (Å²) in [4.78, 5) is 29.4. The lowest BCUT2D eigenvalue weighted by Crippen LogP contribution is -2.34. The number of aromatic nitrogens is 3. The van der Waals surface area contributed by atoms with Crippen LogP contribution >= 0.6 is 0 Å². The fraction of sp³-hybridized carbons (Fsp3) is 0.286. The topological polar surface area (TPSA) is 116 Å². The number of aliphatic hydroxyl groups excluding tert-OH is 1. The second-order valence-electron chi connectivity index (χ2n) is 6.94. The van der Waals surface area contributed by atoms with Gasteiger partial charge in [-0.1, -0.05) is 36.4 Å². The number of H-pyrrole nitrogens is 1. The van der Waals surface area contributed by atoms with E-state index in [-0.39, 0.29) is 18.9 Å². The van der Waals surface area contributed by atoms with Gasteiger partial charge in [0.1, 0.15) is 25.0 Å². The monoisotopic (exact) mass is 429 g/mol. The van der Waals surface area contributed by atoms with E-state index in [1.54, 1.807) is 18.2 Å². The Hall–Kier alpha value is -3.50. The third-order valence-corrected chi connectivity index (χ3v) is 4.79. The Morgan fingerprint density at radius 3 is 2.71 bits per heavy atom. The summed E-state index contributed by atoms with van der Waals surface area (Å²) >= 11 is 0. The first kappa shape index (κ1) is 20.8. The highest BCUT2D eigenvalue weighted by molar-refractivity contribution is 5.21. The highest BCUT2D eigenvalue weighted by Crippen LogP contribution is 2.30. The minimum absolute atomic E-state index is 0.132. The van der Waals surface area contributed by atoms with E-state index in [4.69, 9.17) is 14.2 Å². The summed E-state index contributed by atoms with van der Waals surface area (Å²) in [5.41, 5.74) is -0.938. The molecule has 0 saturated carbocycles. The number of hydrogen-bond acceptors (Lipinski definition) is 7. The van der Waals surface area contributed by atoms with Crippen LogP contribution in [0, 0.1) is 5.82 Å². The molecule has 31 heavy (non-hydrogen) atoms. The lowest BCUT2D eigenvalue weighted by atomic mass is 10.2. The summed E-state index contributed by atoms with van der Waals surface area (Å²) < 4.78 is 31.7. The second kappa shape index (κ2) is 9.11. The van der Waals surface area contributed by atoms with Crippen LogP contribution in [0.1, 0.15) is 18.2 Å². The molecule has 1 aliphatic rings. The molecule has 0 bridgehead atoms. The quantitative estimate of drug-likeness (QED) is 0.583. The molecule has 162 valence electrons. The Balaban J connectivity index is 1.45. The van der Waals surface area contributed by atoms with Gasteiger partial charge < -0.3 is 19.3 Å². The van der Waals surface area contributed by atoms with E-state index >= 15 is 0 Å². The molecule has 2 aromatic heterocycles. The van der Waals surface area contributed by atoms with Crippen molar-refractivity contribution in [1.29, 1.82) is 0 Å². The highest BCUT2D eigenvalue weighted by Gasteiger charge is 2.38. The van der Waals surface area contributed by atoms with Crippen molar-refractivity contribution in [2.45, 2.75) is 31.5 Å². The molecule has 0 radical (unpaired) electrons. The molecule has 0 spiro atoms. The van der Waals surface area contributed by atoms with Crippen molar-refractivity contribution in [3.63, 3.8) is 0 Å². The summed E-state index contributed by atoms with van der Waals surface area (Å²) in [6, 6.07) is 14.6. The minimum Gasteiger partial charge on any atom is -0.473 e. The van der Waals surface area contributed by atoms with E-state index < -0.39 is 35.5 Å². The van der Waals surface area contributed by atoms with E-state index in [9.17, 15) is 19.1 Å². The van der Waals surface area contributed by atoms with E-state index in [2.05, 4.69) is 4.98 Å². The van der Waals surface area contributed by atoms with Gasteiger partial charge in [-0.05, 0) is 5.56 Å². The summed E-state index contributed by atoms with van der Waals surface area (Å²) in [5.74, 6) is -0.507. The Kier molecular flexibility index (Phi) is 6.10. The van der Waals surface area contributed by atoms with Crippen molar-refractivity contribution in [2.75, 3.05) is 6.61 Å².